The van der Waals surface area contributed by atoms with Crippen LogP contribution in [0.25, 0.3) is 11.3 Å². The SMILES string of the molecule is C=N/C(=C\C(N)=C(/C)N(C)C(=O)c1nc(-c2ccc(C(F)(F)F)cc2)c(C(F)(F)F)cc1S(=O)(=O)CC)C(F)(F)F. The van der Waals surface area contributed by atoms with E-state index in [2.05, 4.69) is 16.7 Å². The van der Waals surface area contributed by atoms with Crippen molar-refractivity contribution in [3.8, 4) is 11.3 Å². The zero-order chi connectivity index (χ0) is 31.7. The highest BCUT2D eigenvalue weighted by atomic mass is 32.2. The number of amides is 1. The smallest absolute Gasteiger partial charge is 0.397 e. The molecule has 0 saturated carbocycles. The minimum Gasteiger partial charge on any atom is -0.397 e. The molecule has 0 aliphatic rings. The highest BCUT2D eigenvalue weighted by Gasteiger charge is 2.39. The van der Waals surface area contributed by atoms with E-state index in [-0.39, 0.29) is 6.07 Å². The number of rotatable bonds is 7. The Morgan fingerprint density at radius 3 is 2.00 bits per heavy atom. The van der Waals surface area contributed by atoms with Crippen LogP contribution in [-0.4, -0.2) is 49.9 Å². The van der Waals surface area contributed by atoms with Gasteiger partial charge in [0, 0.05) is 18.3 Å². The van der Waals surface area contributed by atoms with E-state index >= 15 is 0 Å². The Morgan fingerprint density at radius 1 is 1.05 bits per heavy atom. The molecule has 0 bridgehead atoms. The van der Waals surface area contributed by atoms with Gasteiger partial charge in [-0.3, -0.25) is 9.79 Å². The number of sulfone groups is 1. The van der Waals surface area contributed by atoms with Crippen molar-refractivity contribution in [2.75, 3.05) is 12.8 Å². The van der Waals surface area contributed by atoms with Gasteiger partial charge in [0.1, 0.15) is 11.4 Å². The van der Waals surface area contributed by atoms with E-state index in [1.165, 1.54) is 0 Å². The van der Waals surface area contributed by atoms with Crippen LogP contribution in [0.5, 0.6) is 0 Å². The monoisotopic (exact) mass is 616 g/mol. The van der Waals surface area contributed by atoms with E-state index in [4.69, 9.17) is 5.73 Å². The van der Waals surface area contributed by atoms with Crippen molar-refractivity contribution in [1.29, 1.82) is 0 Å². The first-order valence-electron chi connectivity index (χ1n) is 11.1. The lowest BCUT2D eigenvalue weighted by atomic mass is 10.0. The Labute approximate surface area is 227 Å². The molecule has 1 amide bonds. The van der Waals surface area contributed by atoms with Crippen molar-refractivity contribution < 1.29 is 52.7 Å². The highest BCUT2D eigenvalue weighted by molar-refractivity contribution is 7.91. The maximum Gasteiger partial charge on any atom is 0.433 e. The first kappa shape index (κ1) is 33.3. The van der Waals surface area contributed by atoms with Gasteiger partial charge in [0.2, 0.25) is 0 Å². The topological polar surface area (TPSA) is 106 Å². The summed E-state index contributed by atoms with van der Waals surface area (Å²) in [4.78, 5) is 19.2. The van der Waals surface area contributed by atoms with Crippen molar-refractivity contribution in [3.63, 3.8) is 0 Å². The number of carbonyl (C=O) groups is 1. The second-order valence-electron chi connectivity index (χ2n) is 8.30. The van der Waals surface area contributed by atoms with Gasteiger partial charge in [0.05, 0.1) is 33.2 Å². The molecule has 0 spiro atoms. The van der Waals surface area contributed by atoms with E-state index in [1.54, 1.807) is 0 Å². The van der Waals surface area contributed by atoms with E-state index in [0.29, 0.717) is 35.2 Å². The Balaban J connectivity index is 2.88. The Kier molecular flexibility index (Phi) is 9.38. The molecular weight excluding hydrogens is 595 g/mol. The molecule has 224 valence electrons. The van der Waals surface area contributed by atoms with E-state index < -0.39 is 90.1 Å². The summed E-state index contributed by atoms with van der Waals surface area (Å²) in [7, 11) is -3.66. The summed E-state index contributed by atoms with van der Waals surface area (Å²) in [6, 6.07) is 2.37. The van der Waals surface area contributed by atoms with Gasteiger partial charge in [0.25, 0.3) is 5.91 Å². The van der Waals surface area contributed by atoms with Crippen LogP contribution in [0, 0.1) is 0 Å². The molecule has 0 saturated heterocycles. The molecule has 2 aromatic rings. The normalized spacial score (nSPS) is 14.0. The molecule has 2 rings (SSSR count). The number of carbonyl (C=O) groups excluding carboxylic acids is 1. The number of allylic oxidation sites excluding steroid dienone is 3. The number of aliphatic imine (C=N–C) groups is 1. The number of pyridine rings is 1. The van der Waals surface area contributed by atoms with Crippen molar-refractivity contribution >= 4 is 22.5 Å². The van der Waals surface area contributed by atoms with Crippen molar-refractivity contribution in [3.05, 3.63) is 70.3 Å². The fourth-order valence-electron chi connectivity index (χ4n) is 3.27. The van der Waals surface area contributed by atoms with Crippen LogP contribution in [0.15, 0.2) is 63.4 Å². The molecule has 0 atom stereocenters. The molecule has 1 aromatic carbocycles. The number of hydrogen-bond donors (Lipinski definition) is 1. The predicted octanol–water partition coefficient (Wildman–Crippen LogP) is 5.99. The number of halogens is 9. The first-order chi connectivity index (χ1) is 18.6. The Bertz CT molecular complexity index is 1510. The van der Waals surface area contributed by atoms with Gasteiger partial charge in [-0.25, -0.2) is 13.4 Å². The zero-order valence-corrected chi connectivity index (χ0v) is 22.1. The van der Waals surface area contributed by atoms with Crippen LogP contribution in [0.3, 0.4) is 0 Å². The van der Waals surface area contributed by atoms with E-state index in [0.717, 1.165) is 20.9 Å². The van der Waals surface area contributed by atoms with Crippen molar-refractivity contribution in [2.24, 2.45) is 10.7 Å². The molecule has 17 heteroatoms. The van der Waals surface area contributed by atoms with Crippen LogP contribution in [0.4, 0.5) is 39.5 Å². The third kappa shape index (κ3) is 7.45. The fraction of sp³-hybridized carbons (Fsp3) is 0.292. The number of aromatic nitrogens is 1. The fourth-order valence-corrected chi connectivity index (χ4v) is 4.30. The summed E-state index contributed by atoms with van der Waals surface area (Å²) in [5.41, 5.74) is -2.52. The summed E-state index contributed by atoms with van der Waals surface area (Å²) < 4.78 is 146. The zero-order valence-electron chi connectivity index (χ0n) is 21.3. The summed E-state index contributed by atoms with van der Waals surface area (Å²) in [5.74, 6) is -2.18. The van der Waals surface area contributed by atoms with Crippen molar-refractivity contribution in [2.45, 2.75) is 37.3 Å². The van der Waals surface area contributed by atoms with Gasteiger partial charge >= 0.3 is 18.5 Å². The van der Waals surface area contributed by atoms with Gasteiger partial charge in [-0.2, -0.15) is 39.5 Å². The lowest BCUT2D eigenvalue weighted by Crippen LogP contribution is -2.30. The van der Waals surface area contributed by atoms with Gasteiger partial charge in [-0.15, -0.1) is 0 Å². The standard InChI is InChI=1S/C24H21F9N4O3S/c1-5-41(39,40)17-10-15(23(28,29)30)19(13-6-8-14(9-7-13)22(25,26)27)36-20(17)21(38)37(4)12(2)16(34)11-18(35-3)24(31,32)33/h6-11H,3,5,34H2,1-2,4H3/b16-12-,18-11-. The lowest BCUT2D eigenvalue weighted by Gasteiger charge is -2.22. The molecular formula is C24H21F9N4O3S. The lowest BCUT2D eigenvalue weighted by molar-refractivity contribution is -0.138. The average molecular weight is 617 g/mol. The average Bonchev–Trinajstić information content (AvgIpc) is 2.87. The second kappa shape index (κ2) is 11.5. The number of hydrogen-bond acceptors (Lipinski definition) is 6. The molecule has 2 N–H and O–H groups in total. The summed E-state index contributed by atoms with van der Waals surface area (Å²) in [6.45, 7) is 4.89. The van der Waals surface area contributed by atoms with Crippen LogP contribution in [-0.2, 0) is 22.2 Å². The van der Waals surface area contributed by atoms with Crippen LogP contribution < -0.4 is 5.73 Å². The van der Waals surface area contributed by atoms with E-state index in [1.807, 2.05) is 0 Å². The summed E-state index contributed by atoms with van der Waals surface area (Å²) in [6.07, 6.45) is -14.8. The van der Waals surface area contributed by atoms with Gasteiger partial charge in [-0.05, 0) is 37.9 Å². The Morgan fingerprint density at radius 2 is 1.59 bits per heavy atom. The van der Waals surface area contributed by atoms with Crippen LogP contribution in [0.1, 0.15) is 35.5 Å². The summed E-state index contributed by atoms with van der Waals surface area (Å²) >= 11 is 0. The van der Waals surface area contributed by atoms with Crippen LogP contribution in [0.2, 0.25) is 0 Å². The van der Waals surface area contributed by atoms with Crippen LogP contribution >= 0.6 is 0 Å². The van der Waals surface area contributed by atoms with Gasteiger partial charge in [0.15, 0.2) is 9.84 Å². The number of nitrogens with zero attached hydrogens (tertiary/aromatic N) is 3. The molecule has 41 heavy (non-hydrogen) atoms. The maximum atomic E-state index is 14.0. The van der Waals surface area contributed by atoms with Gasteiger partial charge in [-0.1, -0.05) is 19.1 Å². The molecule has 1 aromatic heterocycles. The molecule has 0 fully saturated rings. The molecule has 7 nitrogen and oxygen atoms in total. The molecule has 0 aliphatic carbocycles. The predicted molar refractivity (Wildman–Crippen MR) is 130 cm³/mol. The highest BCUT2D eigenvalue weighted by Crippen LogP contribution is 2.40. The third-order valence-electron chi connectivity index (χ3n) is 5.67. The maximum absolute atomic E-state index is 14.0. The van der Waals surface area contributed by atoms with E-state index in [9.17, 15) is 52.7 Å². The largest absolute Gasteiger partial charge is 0.433 e. The first-order valence-corrected chi connectivity index (χ1v) is 12.7. The van der Waals surface area contributed by atoms with Crippen molar-refractivity contribution in [1.82, 2.24) is 9.88 Å². The molecule has 0 unspecified atom stereocenters. The Hall–Kier alpha value is -3.89. The number of nitrogens with two attached hydrogens (primary N) is 1. The minimum atomic E-state index is -5.27. The number of benzene rings is 1. The molecule has 1 heterocycles. The second-order valence-corrected chi connectivity index (χ2v) is 10.5. The quantitative estimate of drug-likeness (QED) is 0.234. The molecule has 0 aliphatic heterocycles. The minimum absolute atomic E-state index is 0.131. The molecule has 0 radical (unpaired) electrons. The number of alkyl halides is 9. The third-order valence-corrected chi connectivity index (χ3v) is 7.42. The summed E-state index contributed by atoms with van der Waals surface area (Å²) in [5, 5.41) is 0. The van der Waals surface area contributed by atoms with Gasteiger partial charge < -0.3 is 10.6 Å².